The number of hydrogen-bond donors (Lipinski definition) is 1. The SMILES string of the molecule is Cc1ccc2nc(NC(=O)c3ccc4nc(C)c(C)nc4c3)sc2c1. The zero-order valence-electron chi connectivity index (χ0n) is 14.1. The lowest BCUT2D eigenvalue weighted by Gasteiger charge is -2.05. The third kappa shape index (κ3) is 2.96. The molecule has 0 fully saturated rings. The van der Waals surface area contributed by atoms with Crippen LogP contribution in [-0.4, -0.2) is 20.9 Å². The first-order valence-electron chi connectivity index (χ1n) is 7.93. The molecule has 0 saturated carbocycles. The molecule has 4 rings (SSSR count). The van der Waals surface area contributed by atoms with E-state index >= 15 is 0 Å². The number of nitrogens with zero attached hydrogens (tertiary/aromatic N) is 3. The molecule has 0 bridgehead atoms. The van der Waals surface area contributed by atoms with Crippen LogP contribution in [0.5, 0.6) is 0 Å². The molecular weight excluding hydrogens is 332 g/mol. The average Bonchev–Trinajstić information content (AvgIpc) is 2.96. The number of fused-ring (bicyclic) bond motifs is 2. The highest BCUT2D eigenvalue weighted by Crippen LogP contribution is 2.27. The molecule has 2 aromatic heterocycles. The van der Waals surface area contributed by atoms with E-state index in [4.69, 9.17) is 0 Å². The number of nitrogens with one attached hydrogen (secondary N) is 1. The molecule has 25 heavy (non-hydrogen) atoms. The van der Waals surface area contributed by atoms with Crippen molar-refractivity contribution in [1.29, 1.82) is 0 Å². The molecule has 2 heterocycles. The fourth-order valence-electron chi connectivity index (χ4n) is 2.63. The summed E-state index contributed by atoms with van der Waals surface area (Å²) in [7, 11) is 0. The van der Waals surface area contributed by atoms with Crippen molar-refractivity contribution in [3.05, 3.63) is 58.9 Å². The van der Waals surface area contributed by atoms with Gasteiger partial charge >= 0.3 is 0 Å². The van der Waals surface area contributed by atoms with Gasteiger partial charge in [-0.3, -0.25) is 10.1 Å². The van der Waals surface area contributed by atoms with E-state index in [1.54, 1.807) is 12.1 Å². The second-order valence-corrected chi connectivity index (χ2v) is 7.07. The van der Waals surface area contributed by atoms with Crippen LogP contribution >= 0.6 is 11.3 Å². The van der Waals surface area contributed by atoms with Gasteiger partial charge in [0.1, 0.15) is 0 Å². The van der Waals surface area contributed by atoms with Gasteiger partial charge in [0.15, 0.2) is 5.13 Å². The normalized spacial score (nSPS) is 11.2. The molecule has 0 saturated heterocycles. The second kappa shape index (κ2) is 5.89. The monoisotopic (exact) mass is 348 g/mol. The third-order valence-corrected chi connectivity index (χ3v) is 5.04. The van der Waals surface area contributed by atoms with Crippen molar-refractivity contribution < 1.29 is 4.79 Å². The molecule has 0 atom stereocenters. The fourth-order valence-corrected chi connectivity index (χ4v) is 3.59. The Labute approximate surface area is 148 Å². The van der Waals surface area contributed by atoms with Gasteiger partial charge in [-0.15, -0.1) is 0 Å². The molecule has 5 nitrogen and oxygen atoms in total. The van der Waals surface area contributed by atoms with Crippen LogP contribution in [-0.2, 0) is 0 Å². The number of amides is 1. The Morgan fingerprint density at radius 2 is 1.60 bits per heavy atom. The highest BCUT2D eigenvalue weighted by atomic mass is 32.1. The van der Waals surface area contributed by atoms with Crippen LogP contribution in [0.4, 0.5) is 5.13 Å². The topological polar surface area (TPSA) is 67.8 Å². The molecular formula is C19H16N4OS. The van der Waals surface area contributed by atoms with E-state index in [2.05, 4.69) is 26.3 Å². The zero-order valence-corrected chi connectivity index (χ0v) is 14.9. The van der Waals surface area contributed by atoms with Crippen LogP contribution in [0.2, 0.25) is 0 Å². The quantitative estimate of drug-likeness (QED) is 0.582. The van der Waals surface area contributed by atoms with Gasteiger partial charge < -0.3 is 0 Å². The first-order valence-corrected chi connectivity index (χ1v) is 8.75. The summed E-state index contributed by atoms with van der Waals surface area (Å²) >= 11 is 1.47. The Kier molecular flexibility index (Phi) is 3.69. The lowest BCUT2D eigenvalue weighted by molar-refractivity contribution is 0.102. The van der Waals surface area contributed by atoms with E-state index in [1.807, 2.05) is 39.0 Å². The molecule has 124 valence electrons. The Bertz CT molecular complexity index is 1130. The zero-order chi connectivity index (χ0) is 17.6. The molecule has 0 spiro atoms. The third-order valence-electron chi connectivity index (χ3n) is 4.10. The minimum Gasteiger partial charge on any atom is -0.298 e. The maximum absolute atomic E-state index is 12.6. The number of anilines is 1. The van der Waals surface area contributed by atoms with Crippen molar-refractivity contribution in [1.82, 2.24) is 15.0 Å². The molecule has 1 N–H and O–H groups in total. The average molecular weight is 348 g/mol. The highest BCUT2D eigenvalue weighted by Gasteiger charge is 2.12. The number of thiazole rings is 1. The van der Waals surface area contributed by atoms with E-state index in [1.165, 1.54) is 16.9 Å². The molecule has 0 aliphatic rings. The smallest absolute Gasteiger partial charge is 0.257 e. The molecule has 6 heteroatoms. The van der Waals surface area contributed by atoms with Crippen molar-refractivity contribution in [3.63, 3.8) is 0 Å². The molecule has 0 aliphatic heterocycles. The van der Waals surface area contributed by atoms with Crippen LogP contribution in [0.1, 0.15) is 27.3 Å². The van der Waals surface area contributed by atoms with Crippen LogP contribution in [0, 0.1) is 20.8 Å². The molecule has 0 aliphatic carbocycles. The van der Waals surface area contributed by atoms with Crippen molar-refractivity contribution in [2.45, 2.75) is 20.8 Å². The summed E-state index contributed by atoms with van der Waals surface area (Å²) in [4.78, 5) is 26.0. The largest absolute Gasteiger partial charge is 0.298 e. The predicted octanol–water partition coefficient (Wildman–Crippen LogP) is 4.42. The maximum atomic E-state index is 12.6. The second-order valence-electron chi connectivity index (χ2n) is 6.04. The number of benzene rings is 2. The van der Waals surface area contributed by atoms with Crippen molar-refractivity contribution in [2.24, 2.45) is 0 Å². The van der Waals surface area contributed by atoms with E-state index < -0.39 is 0 Å². The Morgan fingerprint density at radius 1 is 0.880 bits per heavy atom. The molecule has 0 radical (unpaired) electrons. The summed E-state index contributed by atoms with van der Waals surface area (Å²) in [5.41, 5.74) is 5.88. The minimum atomic E-state index is -0.197. The van der Waals surface area contributed by atoms with Crippen LogP contribution in [0.3, 0.4) is 0 Å². The lowest BCUT2D eigenvalue weighted by Crippen LogP contribution is -2.11. The van der Waals surface area contributed by atoms with Gasteiger partial charge in [-0.05, 0) is 56.7 Å². The van der Waals surface area contributed by atoms with Gasteiger partial charge in [0.05, 0.1) is 32.6 Å². The summed E-state index contributed by atoms with van der Waals surface area (Å²) in [6.45, 7) is 5.88. The van der Waals surface area contributed by atoms with Gasteiger partial charge in [0.2, 0.25) is 0 Å². The standard InChI is InChI=1S/C19H16N4OS/c1-10-4-6-15-17(8-10)25-19(22-15)23-18(24)13-5-7-14-16(9-13)21-12(3)11(2)20-14/h4-9H,1-3H3,(H,22,23,24). The summed E-state index contributed by atoms with van der Waals surface area (Å²) in [6, 6.07) is 11.4. The van der Waals surface area contributed by atoms with Crippen molar-refractivity contribution >= 4 is 43.6 Å². The van der Waals surface area contributed by atoms with Gasteiger partial charge in [0, 0.05) is 5.56 Å². The Hall–Kier alpha value is -2.86. The summed E-state index contributed by atoms with van der Waals surface area (Å²) in [5, 5.41) is 3.47. The minimum absolute atomic E-state index is 0.197. The van der Waals surface area contributed by atoms with Gasteiger partial charge in [-0.2, -0.15) is 0 Å². The number of carbonyl (C=O) groups is 1. The van der Waals surface area contributed by atoms with E-state index in [-0.39, 0.29) is 5.91 Å². The first kappa shape index (κ1) is 15.7. The van der Waals surface area contributed by atoms with E-state index in [0.717, 1.165) is 32.6 Å². The number of hydrogen-bond acceptors (Lipinski definition) is 5. The van der Waals surface area contributed by atoms with E-state index in [9.17, 15) is 4.79 Å². The number of aryl methyl sites for hydroxylation is 3. The van der Waals surface area contributed by atoms with Gasteiger partial charge in [-0.25, -0.2) is 15.0 Å². The summed E-state index contributed by atoms with van der Waals surface area (Å²) < 4.78 is 1.06. The number of rotatable bonds is 2. The van der Waals surface area contributed by atoms with Crippen molar-refractivity contribution in [3.8, 4) is 0 Å². The lowest BCUT2D eigenvalue weighted by atomic mass is 10.1. The fraction of sp³-hybridized carbons (Fsp3) is 0.158. The number of aromatic nitrogens is 3. The number of carbonyl (C=O) groups excluding carboxylic acids is 1. The molecule has 2 aromatic carbocycles. The van der Waals surface area contributed by atoms with Crippen molar-refractivity contribution in [2.75, 3.05) is 5.32 Å². The van der Waals surface area contributed by atoms with Crippen LogP contribution in [0.15, 0.2) is 36.4 Å². The predicted molar refractivity (Wildman–Crippen MR) is 101 cm³/mol. The first-order chi connectivity index (χ1) is 12.0. The molecule has 0 unspecified atom stereocenters. The summed E-state index contributed by atoms with van der Waals surface area (Å²) in [5.74, 6) is -0.197. The Balaban J connectivity index is 1.65. The maximum Gasteiger partial charge on any atom is 0.257 e. The summed E-state index contributed by atoms with van der Waals surface area (Å²) in [6.07, 6.45) is 0. The van der Waals surface area contributed by atoms with Gasteiger partial charge in [-0.1, -0.05) is 17.4 Å². The Morgan fingerprint density at radius 3 is 2.40 bits per heavy atom. The van der Waals surface area contributed by atoms with Gasteiger partial charge in [0.25, 0.3) is 5.91 Å². The highest BCUT2D eigenvalue weighted by molar-refractivity contribution is 7.22. The van der Waals surface area contributed by atoms with E-state index in [0.29, 0.717) is 10.7 Å². The van der Waals surface area contributed by atoms with Crippen LogP contribution in [0.25, 0.3) is 21.3 Å². The molecule has 1 amide bonds. The van der Waals surface area contributed by atoms with Crippen LogP contribution < -0.4 is 5.32 Å². The molecule has 4 aromatic rings.